The Labute approximate surface area is 110 Å². The third-order valence-corrected chi connectivity index (χ3v) is 3.43. The number of nitrogens with zero attached hydrogens (tertiary/aromatic N) is 1. The average Bonchev–Trinajstić information content (AvgIpc) is 2.23. The second-order valence-corrected chi connectivity index (χ2v) is 5.78. The summed E-state index contributed by atoms with van der Waals surface area (Å²) in [5.41, 5.74) is 0.0330. The van der Waals surface area contributed by atoms with E-state index in [4.69, 9.17) is 4.74 Å². The number of aromatic amines is 1. The van der Waals surface area contributed by atoms with Crippen molar-refractivity contribution >= 4 is 15.9 Å². The van der Waals surface area contributed by atoms with Gasteiger partial charge in [-0.1, -0.05) is 13.8 Å². The summed E-state index contributed by atoms with van der Waals surface area (Å²) in [5.74, 6) is 1.00. The van der Waals surface area contributed by atoms with E-state index in [2.05, 4.69) is 39.7 Å². The van der Waals surface area contributed by atoms with Crippen LogP contribution in [0.25, 0.3) is 0 Å². The third-order valence-electron chi connectivity index (χ3n) is 2.61. The van der Waals surface area contributed by atoms with E-state index in [1.54, 1.807) is 7.11 Å². The molecule has 0 spiro atoms. The van der Waals surface area contributed by atoms with Crippen molar-refractivity contribution < 1.29 is 4.74 Å². The van der Waals surface area contributed by atoms with Gasteiger partial charge in [0.05, 0.1) is 5.69 Å². The highest BCUT2D eigenvalue weighted by atomic mass is 79.9. The quantitative estimate of drug-likeness (QED) is 0.930. The maximum absolute atomic E-state index is 11.8. The Morgan fingerprint density at radius 2 is 2.06 bits per heavy atom. The van der Waals surface area contributed by atoms with Gasteiger partial charge in [-0.25, -0.2) is 4.98 Å². The topological polar surface area (TPSA) is 55.0 Å². The van der Waals surface area contributed by atoms with Crippen LogP contribution < -0.4 is 5.56 Å². The number of ether oxygens (including phenoxy) is 1. The lowest BCUT2D eigenvalue weighted by atomic mass is 10.1. The van der Waals surface area contributed by atoms with E-state index in [1.165, 1.54) is 0 Å². The van der Waals surface area contributed by atoms with Gasteiger partial charge in [0.1, 0.15) is 15.9 Å². The highest BCUT2D eigenvalue weighted by Gasteiger charge is 2.24. The fraction of sp³-hybridized carbons (Fsp3) is 0.667. The van der Waals surface area contributed by atoms with E-state index in [0.717, 1.165) is 12.1 Å². The predicted molar refractivity (Wildman–Crippen MR) is 71.1 cm³/mol. The highest BCUT2D eigenvalue weighted by molar-refractivity contribution is 9.10. The van der Waals surface area contributed by atoms with E-state index in [0.29, 0.717) is 16.2 Å². The van der Waals surface area contributed by atoms with Gasteiger partial charge in [-0.3, -0.25) is 4.79 Å². The van der Waals surface area contributed by atoms with Crippen LogP contribution in [-0.4, -0.2) is 17.1 Å². The van der Waals surface area contributed by atoms with Crippen molar-refractivity contribution in [1.29, 1.82) is 0 Å². The molecule has 0 radical (unpaired) electrons. The molecule has 0 aliphatic carbocycles. The minimum atomic E-state index is -0.592. The van der Waals surface area contributed by atoms with Crippen molar-refractivity contribution in [2.75, 3.05) is 7.11 Å². The molecule has 1 heterocycles. The molecule has 17 heavy (non-hydrogen) atoms. The molecule has 96 valence electrons. The maximum Gasteiger partial charge on any atom is 0.265 e. The zero-order chi connectivity index (χ0) is 13.2. The van der Waals surface area contributed by atoms with Gasteiger partial charge >= 0.3 is 0 Å². The van der Waals surface area contributed by atoms with Crippen LogP contribution in [0.4, 0.5) is 0 Å². The molecule has 0 fully saturated rings. The minimum Gasteiger partial charge on any atom is -0.371 e. The van der Waals surface area contributed by atoms with Gasteiger partial charge in [-0.15, -0.1) is 0 Å². The van der Waals surface area contributed by atoms with Crippen LogP contribution >= 0.6 is 15.9 Å². The second-order valence-electron chi connectivity index (χ2n) is 4.99. The summed E-state index contributed by atoms with van der Waals surface area (Å²) in [6.07, 6.45) is 0.761. The van der Waals surface area contributed by atoms with E-state index in [-0.39, 0.29) is 5.56 Å². The number of methoxy groups -OCH3 is 1. The van der Waals surface area contributed by atoms with Gasteiger partial charge < -0.3 is 9.72 Å². The number of H-pyrrole nitrogens is 1. The molecule has 1 N–H and O–H groups in total. The molecule has 0 saturated heterocycles. The monoisotopic (exact) mass is 302 g/mol. The van der Waals surface area contributed by atoms with Crippen LogP contribution in [0.5, 0.6) is 0 Å². The van der Waals surface area contributed by atoms with Crippen LogP contribution in [0.1, 0.15) is 39.2 Å². The Bertz CT molecular complexity index is 452. The van der Waals surface area contributed by atoms with Crippen molar-refractivity contribution in [2.45, 2.75) is 39.7 Å². The number of rotatable bonds is 4. The summed E-state index contributed by atoms with van der Waals surface area (Å²) < 4.78 is 5.85. The number of halogens is 1. The van der Waals surface area contributed by atoms with Crippen LogP contribution in [0.3, 0.4) is 0 Å². The Hall–Kier alpha value is -0.680. The van der Waals surface area contributed by atoms with Crippen molar-refractivity contribution in [1.82, 2.24) is 9.97 Å². The summed E-state index contributed by atoms with van der Waals surface area (Å²) >= 11 is 3.28. The maximum atomic E-state index is 11.8. The molecule has 0 amide bonds. The molecular weight excluding hydrogens is 284 g/mol. The first-order chi connectivity index (χ1) is 7.77. The van der Waals surface area contributed by atoms with E-state index in [1.807, 2.05) is 13.8 Å². The SMILES string of the molecule is COC(C)(C)c1nc(CC(C)C)c(Br)c(=O)[nH]1. The first-order valence-electron chi connectivity index (χ1n) is 5.62. The molecule has 5 heteroatoms. The van der Waals surface area contributed by atoms with Gasteiger partial charge in [0.25, 0.3) is 5.56 Å². The number of aromatic nitrogens is 2. The minimum absolute atomic E-state index is 0.157. The number of hydrogen-bond donors (Lipinski definition) is 1. The Morgan fingerprint density at radius 1 is 1.47 bits per heavy atom. The fourth-order valence-corrected chi connectivity index (χ4v) is 1.76. The van der Waals surface area contributed by atoms with Crippen LogP contribution in [0.2, 0.25) is 0 Å². The average molecular weight is 303 g/mol. The summed E-state index contributed by atoms with van der Waals surface area (Å²) in [6, 6.07) is 0. The normalized spacial score (nSPS) is 12.2. The first kappa shape index (κ1) is 14.4. The zero-order valence-corrected chi connectivity index (χ0v) is 12.5. The molecule has 4 nitrogen and oxygen atoms in total. The zero-order valence-electron chi connectivity index (χ0n) is 10.9. The van der Waals surface area contributed by atoms with E-state index >= 15 is 0 Å². The van der Waals surface area contributed by atoms with Crippen molar-refractivity contribution in [3.05, 3.63) is 26.3 Å². The molecule has 0 aliphatic heterocycles. The predicted octanol–water partition coefficient (Wildman–Crippen LogP) is 2.61. The molecule has 0 aromatic carbocycles. The van der Waals surface area contributed by atoms with Gasteiger partial charge in [-0.05, 0) is 42.1 Å². The Kier molecular flexibility index (Phi) is 4.49. The molecule has 0 bridgehead atoms. The van der Waals surface area contributed by atoms with Crippen LogP contribution in [-0.2, 0) is 16.8 Å². The van der Waals surface area contributed by atoms with Gasteiger partial charge in [0.15, 0.2) is 0 Å². The summed E-state index contributed by atoms with van der Waals surface area (Å²) in [6.45, 7) is 7.93. The molecule has 0 aliphatic rings. The largest absolute Gasteiger partial charge is 0.371 e. The van der Waals surface area contributed by atoms with Crippen LogP contribution in [0.15, 0.2) is 9.27 Å². The van der Waals surface area contributed by atoms with Gasteiger partial charge in [0.2, 0.25) is 0 Å². The van der Waals surface area contributed by atoms with Crippen molar-refractivity contribution in [3.8, 4) is 0 Å². The summed E-state index contributed by atoms with van der Waals surface area (Å²) in [7, 11) is 1.60. The van der Waals surface area contributed by atoms with Crippen LogP contribution in [0, 0.1) is 5.92 Å². The van der Waals surface area contributed by atoms with E-state index < -0.39 is 5.60 Å². The lowest BCUT2D eigenvalue weighted by molar-refractivity contribution is 0.0110. The van der Waals surface area contributed by atoms with Gasteiger partial charge in [-0.2, -0.15) is 0 Å². The van der Waals surface area contributed by atoms with Crippen molar-refractivity contribution in [2.24, 2.45) is 5.92 Å². The molecular formula is C12H19BrN2O2. The Balaban J connectivity index is 3.29. The van der Waals surface area contributed by atoms with Crippen molar-refractivity contribution in [3.63, 3.8) is 0 Å². The van der Waals surface area contributed by atoms with Gasteiger partial charge in [0, 0.05) is 7.11 Å². The molecule has 0 atom stereocenters. The summed E-state index contributed by atoms with van der Waals surface area (Å²) in [5, 5.41) is 0. The third kappa shape index (κ3) is 3.39. The first-order valence-corrected chi connectivity index (χ1v) is 6.41. The summed E-state index contributed by atoms with van der Waals surface area (Å²) in [4.78, 5) is 19.0. The fourth-order valence-electron chi connectivity index (χ4n) is 1.41. The molecule has 0 unspecified atom stereocenters. The smallest absolute Gasteiger partial charge is 0.265 e. The Morgan fingerprint density at radius 3 is 2.53 bits per heavy atom. The standard InChI is InChI=1S/C12H19BrN2O2/c1-7(2)6-8-9(13)10(16)15-11(14-8)12(3,4)17-5/h7H,6H2,1-5H3,(H,14,15,16). The lowest BCUT2D eigenvalue weighted by Gasteiger charge is -2.22. The lowest BCUT2D eigenvalue weighted by Crippen LogP contribution is -2.28. The number of hydrogen-bond acceptors (Lipinski definition) is 3. The molecule has 1 aromatic heterocycles. The molecule has 1 aromatic rings. The molecule has 1 rings (SSSR count). The second kappa shape index (κ2) is 5.31. The highest BCUT2D eigenvalue weighted by Crippen LogP contribution is 2.22. The number of nitrogens with one attached hydrogen (secondary N) is 1. The van der Waals surface area contributed by atoms with E-state index in [9.17, 15) is 4.79 Å². The molecule has 0 saturated carbocycles.